The molecule has 0 saturated carbocycles. The molecule has 0 atom stereocenters. The second kappa shape index (κ2) is 10.0. The summed E-state index contributed by atoms with van der Waals surface area (Å²) in [4.78, 5) is 35.2. The third kappa shape index (κ3) is 5.89. The first-order valence-electron chi connectivity index (χ1n) is 9.49. The predicted molar refractivity (Wildman–Crippen MR) is 115 cm³/mol. The average Bonchev–Trinajstić information content (AvgIpc) is 2.81. The highest BCUT2D eigenvalue weighted by atomic mass is 16.6. The SMILES string of the molecule is COc1cccc(CNC(=O)c2cccc(C(=O)NCc3ccc([N+](=O)[O-])cc3)c2)c1. The van der Waals surface area contributed by atoms with Gasteiger partial charge in [0.2, 0.25) is 0 Å². The summed E-state index contributed by atoms with van der Waals surface area (Å²) in [6.45, 7) is 0.537. The van der Waals surface area contributed by atoms with Crippen molar-refractivity contribution in [1.29, 1.82) is 0 Å². The number of methoxy groups -OCH3 is 1. The molecular formula is C23H21N3O5. The van der Waals surface area contributed by atoms with Crippen molar-refractivity contribution in [2.24, 2.45) is 0 Å². The van der Waals surface area contributed by atoms with Crippen molar-refractivity contribution >= 4 is 17.5 Å². The summed E-state index contributed by atoms with van der Waals surface area (Å²) >= 11 is 0. The van der Waals surface area contributed by atoms with Crippen LogP contribution < -0.4 is 15.4 Å². The van der Waals surface area contributed by atoms with Crippen LogP contribution in [0.25, 0.3) is 0 Å². The Balaban J connectivity index is 1.58. The fourth-order valence-corrected chi connectivity index (χ4v) is 2.89. The molecule has 2 amide bonds. The molecule has 2 N–H and O–H groups in total. The zero-order valence-corrected chi connectivity index (χ0v) is 16.8. The molecule has 0 saturated heterocycles. The van der Waals surface area contributed by atoms with E-state index >= 15 is 0 Å². The monoisotopic (exact) mass is 419 g/mol. The summed E-state index contributed by atoms with van der Waals surface area (Å²) in [5.41, 5.74) is 2.32. The Morgan fingerprint density at radius 1 is 0.839 bits per heavy atom. The normalized spacial score (nSPS) is 10.2. The van der Waals surface area contributed by atoms with Crippen molar-refractivity contribution in [2.75, 3.05) is 7.11 Å². The van der Waals surface area contributed by atoms with Crippen LogP contribution in [-0.2, 0) is 13.1 Å². The van der Waals surface area contributed by atoms with E-state index in [0.717, 1.165) is 11.1 Å². The molecule has 0 aliphatic carbocycles. The number of benzene rings is 3. The first-order valence-corrected chi connectivity index (χ1v) is 9.49. The molecule has 0 spiro atoms. The van der Waals surface area contributed by atoms with Crippen LogP contribution in [0.5, 0.6) is 5.75 Å². The molecular weight excluding hydrogens is 398 g/mol. The van der Waals surface area contributed by atoms with Crippen molar-refractivity contribution in [3.8, 4) is 5.75 Å². The van der Waals surface area contributed by atoms with E-state index in [1.54, 1.807) is 37.4 Å². The molecule has 3 rings (SSSR count). The number of nitro groups is 1. The number of non-ortho nitro benzene ring substituents is 1. The molecule has 158 valence electrons. The van der Waals surface area contributed by atoms with Gasteiger partial charge in [0.1, 0.15) is 5.75 Å². The summed E-state index contributed by atoms with van der Waals surface area (Å²) in [6, 6.07) is 19.7. The van der Waals surface area contributed by atoms with E-state index in [1.165, 1.54) is 18.2 Å². The van der Waals surface area contributed by atoms with Crippen LogP contribution in [0, 0.1) is 10.1 Å². The number of nitro benzene ring substituents is 1. The smallest absolute Gasteiger partial charge is 0.269 e. The first-order chi connectivity index (χ1) is 15.0. The summed E-state index contributed by atoms with van der Waals surface area (Å²) in [6.07, 6.45) is 0. The molecule has 0 unspecified atom stereocenters. The van der Waals surface area contributed by atoms with E-state index in [4.69, 9.17) is 4.74 Å². The Kier molecular flexibility index (Phi) is 6.95. The molecule has 8 heteroatoms. The molecule has 0 bridgehead atoms. The van der Waals surface area contributed by atoms with Crippen LogP contribution in [0.2, 0.25) is 0 Å². The van der Waals surface area contributed by atoms with Gasteiger partial charge in [-0.2, -0.15) is 0 Å². The topological polar surface area (TPSA) is 111 Å². The van der Waals surface area contributed by atoms with Gasteiger partial charge in [0.15, 0.2) is 0 Å². The number of rotatable bonds is 8. The Hall–Kier alpha value is -4.20. The van der Waals surface area contributed by atoms with Gasteiger partial charge in [0.05, 0.1) is 12.0 Å². The van der Waals surface area contributed by atoms with E-state index in [2.05, 4.69) is 10.6 Å². The summed E-state index contributed by atoms with van der Waals surface area (Å²) < 4.78 is 5.17. The number of hydrogen-bond acceptors (Lipinski definition) is 5. The van der Waals surface area contributed by atoms with Gasteiger partial charge in [0, 0.05) is 36.3 Å². The molecule has 0 fully saturated rings. The fraction of sp³-hybridized carbons (Fsp3) is 0.130. The van der Waals surface area contributed by atoms with Gasteiger partial charge in [-0.15, -0.1) is 0 Å². The Morgan fingerprint density at radius 3 is 2.00 bits per heavy atom. The second-order valence-corrected chi connectivity index (χ2v) is 6.72. The van der Waals surface area contributed by atoms with Crippen molar-refractivity contribution in [3.05, 3.63) is 105 Å². The van der Waals surface area contributed by atoms with Crippen LogP contribution in [0.15, 0.2) is 72.8 Å². The molecule has 3 aromatic carbocycles. The van der Waals surface area contributed by atoms with Gasteiger partial charge in [0.25, 0.3) is 17.5 Å². The second-order valence-electron chi connectivity index (χ2n) is 6.72. The van der Waals surface area contributed by atoms with Crippen molar-refractivity contribution in [2.45, 2.75) is 13.1 Å². The number of carbonyl (C=O) groups excluding carboxylic acids is 2. The number of hydrogen-bond donors (Lipinski definition) is 2. The zero-order chi connectivity index (χ0) is 22.2. The predicted octanol–water partition coefficient (Wildman–Crippen LogP) is 3.46. The van der Waals surface area contributed by atoms with Crippen LogP contribution in [0.1, 0.15) is 31.8 Å². The minimum Gasteiger partial charge on any atom is -0.497 e. The van der Waals surface area contributed by atoms with E-state index in [-0.39, 0.29) is 24.0 Å². The molecule has 3 aromatic rings. The van der Waals surface area contributed by atoms with Gasteiger partial charge in [-0.1, -0.05) is 30.3 Å². The molecule has 0 radical (unpaired) electrons. The molecule has 0 heterocycles. The Bertz CT molecular complexity index is 1100. The number of amides is 2. The van der Waals surface area contributed by atoms with Crippen molar-refractivity contribution in [1.82, 2.24) is 10.6 Å². The highest BCUT2D eigenvalue weighted by Crippen LogP contribution is 2.14. The molecule has 0 aliphatic heterocycles. The zero-order valence-electron chi connectivity index (χ0n) is 16.8. The lowest BCUT2D eigenvalue weighted by Gasteiger charge is -2.09. The third-order valence-corrected chi connectivity index (χ3v) is 4.57. The number of carbonyl (C=O) groups is 2. The highest BCUT2D eigenvalue weighted by molar-refractivity contribution is 5.99. The number of ether oxygens (including phenoxy) is 1. The van der Waals surface area contributed by atoms with Gasteiger partial charge in [-0.05, 0) is 41.5 Å². The highest BCUT2D eigenvalue weighted by Gasteiger charge is 2.11. The lowest BCUT2D eigenvalue weighted by Crippen LogP contribution is -2.25. The van der Waals surface area contributed by atoms with E-state index < -0.39 is 4.92 Å². The molecule has 0 aliphatic rings. The Labute approximate surface area is 179 Å². The van der Waals surface area contributed by atoms with Crippen LogP contribution in [0.4, 0.5) is 5.69 Å². The largest absolute Gasteiger partial charge is 0.497 e. The van der Waals surface area contributed by atoms with Gasteiger partial charge in [-0.25, -0.2) is 0 Å². The molecule has 31 heavy (non-hydrogen) atoms. The average molecular weight is 419 g/mol. The minimum atomic E-state index is -0.479. The maximum Gasteiger partial charge on any atom is 0.269 e. The van der Waals surface area contributed by atoms with Gasteiger partial charge in [-0.3, -0.25) is 19.7 Å². The number of nitrogens with zero attached hydrogens (tertiary/aromatic N) is 1. The lowest BCUT2D eigenvalue weighted by molar-refractivity contribution is -0.384. The van der Waals surface area contributed by atoms with Crippen LogP contribution in [-0.4, -0.2) is 23.8 Å². The number of nitrogens with one attached hydrogen (secondary N) is 2. The van der Waals surface area contributed by atoms with Gasteiger partial charge < -0.3 is 15.4 Å². The van der Waals surface area contributed by atoms with Gasteiger partial charge >= 0.3 is 0 Å². The molecule has 0 aromatic heterocycles. The quantitative estimate of drug-likeness (QED) is 0.429. The standard InChI is InChI=1S/C23H21N3O5/c1-31-21-7-2-4-17(12-21)15-25-23(28)19-6-3-5-18(13-19)22(27)24-14-16-8-10-20(11-9-16)26(29)30/h2-13H,14-15H2,1H3,(H,24,27)(H,25,28). The third-order valence-electron chi connectivity index (χ3n) is 4.57. The summed E-state index contributed by atoms with van der Waals surface area (Å²) in [5, 5.41) is 16.3. The lowest BCUT2D eigenvalue weighted by atomic mass is 10.1. The van der Waals surface area contributed by atoms with Crippen LogP contribution >= 0.6 is 0 Å². The fourth-order valence-electron chi connectivity index (χ4n) is 2.89. The summed E-state index contributed by atoms with van der Waals surface area (Å²) in [5.74, 6) is 0.0621. The summed E-state index contributed by atoms with van der Waals surface area (Å²) in [7, 11) is 1.58. The van der Waals surface area contributed by atoms with Crippen molar-refractivity contribution in [3.63, 3.8) is 0 Å². The van der Waals surface area contributed by atoms with E-state index in [9.17, 15) is 19.7 Å². The van der Waals surface area contributed by atoms with E-state index in [1.807, 2.05) is 24.3 Å². The van der Waals surface area contributed by atoms with Crippen molar-refractivity contribution < 1.29 is 19.2 Å². The maximum absolute atomic E-state index is 12.5. The maximum atomic E-state index is 12.5. The molecule has 8 nitrogen and oxygen atoms in total. The van der Waals surface area contributed by atoms with E-state index in [0.29, 0.717) is 23.4 Å². The minimum absolute atomic E-state index is 0.0114. The Morgan fingerprint density at radius 2 is 1.42 bits per heavy atom. The first kappa shape index (κ1) is 21.5. The van der Waals surface area contributed by atoms with Crippen LogP contribution in [0.3, 0.4) is 0 Å².